The maximum absolute atomic E-state index is 12.3. The number of para-hydroxylation sites is 1. The van der Waals surface area contributed by atoms with E-state index in [0.29, 0.717) is 16.9 Å². The molecule has 1 heterocycles. The zero-order valence-electron chi connectivity index (χ0n) is 14.8. The highest BCUT2D eigenvalue weighted by atomic mass is 16.2. The van der Waals surface area contributed by atoms with Crippen molar-refractivity contribution in [2.75, 3.05) is 16.8 Å². The first-order valence-electron chi connectivity index (χ1n) is 8.50. The molecule has 0 atom stereocenters. The van der Waals surface area contributed by atoms with Crippen LogP contribution in [0.4, 0.5) is 11.4 Å². The molecule has 1 aromatic heterocycles. The van der Waals surface area contributed by atoms with Crippen molar-refractivity contribution in [3.8, 4) is 6.07 Å². The van der Waals surface area contributed by atoms with E-state index in [1.54, 1.807) is 35.4 Å². The fourth-order valence-electron chi connectivity index (χ4n) is 2.82. The second kappa shape index (κ2) is 8.11. The third-order valence-corrected chi connectivity index (χ3v) is 4.14. The predicted octanol–water partition coefficient (Wildman–Crippen LogP) is 3.49. The zero-order valence-corrected chi connectivity index (χ0v) is 14.8. The summed E-state index contributed by atoms with van der Waals surface area (Å²) in [6.45, 7) is 1.72. The number of fused-ring (bicyclic) bond motifs is 1. The summed E-state index contributed by atoms with van der Waals surface area (Å²) in [5.74, 6) is -0.363. The first-order chi connectivity index (χ1) is 13.1. The van der Waals surface area contributed by atoms with Crippen molar-refractivity contribution >= 4 is 34.1 Å². The average molecular weight is 358 g/mol. The van der Waals surface area contributed by atoms with Crippen molar-refractivity contribution in [3.05, 3.63) is 66.4 Å². The molecule has 0 fully saturated rings. The maximum Gasteiger partial charge on any atom is 0.226 e. The number of benzene rings is 2. The third-order valence-electron chi connectivity index (χ3n) is 4.14. The number of nitriles is 1. The molecule has 3 aromatic rings. The van der Waals surface area contributed by atoms with Gasteiger partial charge in [-0.2, -0.15) is 5.26 Å². The summed E-state index contributed by atoms with van der Waals surface area (Å²) in [7, 11) is 0. The number of rotatable bonds is 5. The third kappa shape index (κ3) is 4.28. The van der Waals surface area contributed by atoms with Crippen molar-refractivity contribution in [1.82, 2.24) is 4.98 Å². The molecule has 0 saturated heterocycles. The zero-order chi connectivity index (χ0) is 19.2. The van der Waals surface area contributed by atoms with Gasteiger partial charge in [0, 0.05) is 37.2 Å². The quantitative estimate of drug-likeness (QED) is 0.756. The van der Waals surface area contributed by atoms with Crippen molar-refractivity contribution in [2.24, 2.45) is 0 Å². The number of amides is 2. The molecule has 0 saturated carbocycles. The number of hydrogen-bond acceptors (Lipinski definition) is 4. The Bertz CT molecular complexity index is 1020. The van der Waals surface area contributed by atoms with Gasteiger partial charge in [-0.15, -0.1) is 0 Å². The largest absolute Gasteiger partial charge is 0.326 e. The number of pyridine rings is 1. The molecular formula is C21H18N4O2. The Labute approximate surface area is 157 Å². The number of hydrogen-bond donors (Lipinski definition) is 1. The topological polar surface area (TPSA) is 86.1 Å². The van der Waals surface area contributed by atoms with E-state index in [9.17, 15) is 9.59 Å². The minimum absolute atomic E-state index is 0.142. The van der Waals surface area contributed by atoms with E-state index >= 15 is 0 Å². The Morgan fingerprint density at radius 1 is 1.11 bits per heavy atom. The van der Waals surface area contributed by atoms with Crippen LogP contribution < -0.4 is 10.2 Å². The molecule has 1 N–H and O–H groups in total. The van der Waals surface area contributed by atoms with E-state index in [2.05, 4.69) is 10.3 Å². The molecule has 6 nitrogen and oxygen atoms in total. The minimum Gasteiger partial charge on any atom is -0.326 e. The summed E-state index contributed by atoms with van der Waals surface area (Å²) in [6, 6.07) is 18.1. The number of anilines is 2. The van der Waals surface area contributed by atoms with Crippen LogP contribution in [0.2, 0.25) is 0 Å². The van der Waals surface area contributed by atoms with E-state index < -0.39 is 0 Å². The monoisotopic (exact) mass is 358 g/mol. The van der Waals surface area contributed by atoms with Crippen LogP contribution in [0.5, 0.6) is 0 Å². The minimum atomic E-state index is -0.209. The van der Waals surface area contributed by atoms with Crippen molar-refractivity contribution in [1.29, 1.82) is 5.26 Å². The van der Waals surface area contributed by atoms with Gasteiger partial charge in [0.25, 0.3) is 0 Å². The predicted molar refractivity (Wildman–Crippen MR) is 104 cm³/mol. The summed E-state index contributed by atoms with van der Waals surface area (Å²) < 4.78 is 0. The van der Waals surface area contributed by atoms with Crippen LogP contribution in [-0.2, 0) is 9.59 Å². The molecule has 0 unspecified atom stereocenters. The lowest BCUT2D eigenvalue weighted by molar-refractivity contribution is -0.117. The summed E-state index contributed by atoms with van der Waals surface area (Å²) in [4.78, 5) is 30.4. The van der Waals surface area contributed by atoms with E-state index in [0.717, 1.165) is 10.9 Å². The fraction of sp³-hybridized carbons (Fsp3) is 0.143. The standard InChI is InChI=1S/C21H18N4O2/c1-15(26)25(19-6-2-4-17-5-3-12-23-21(17)19)13-11-20(27)24-18-9-7-16(14-22)8-10-18/h2-10,12H,11,13H2,1H3,(H,24,27). The normalized spacial score (nSPS) is 10.2. The average Bonchev–Trinajstić information content (AvgIpc) is 2.68. The van der Waals surface area contributed by atoms with E-state index in [1.165, 1.54) is 6.92 Å². The molecular weight excluding hydrogens is 340 g/mol. The number of carbonyl (C=O) groups is 2. The van der Waals surface area contributed by atoms with Crippen LogP contribution in [-0.4, -0.2) is 23.3 Å². The number of aromatic nitrogens is 1. The van der Waals surface area contributed by atoms with E-state index in [1.807, 2.05) is 36.4 Å². The van der Waals surface area contributed by atoms with Gasteiger partial charge in [0.2, 0.25) is 11.8 Å². The molecule has 0 bridgehead atoms. The molecule has 2 amide bonds. The molecule has 27 heavy (non-hydrogen) atoms. The summed E-state index contributed by atoms with van der Waals surface area (Å²) in [5, 5.41) is 12.5. The van der Waals surface area contributed by atoms with Crippen LogP contribution in [0.1, 0.15) is 18.9 Å². The van der Waals surface area contributed by atoms with Gasteiger partial charge in [0.1, 0.15) is 0 Å². The highest BCUT2D eigenvalue weighted by Crippen LogP contribution is 2.25. The molecule has 0 aliphatic rings. The van der Waals surface area contributed by atoms with Crippen LogP contribution in [0.25, 0.3) is 10.9 Å². The molecule has 2 aromatic carbocycles. The summed E-state index contributed by atoms with van der Waals surface area (Å²) in [5.41, 5.74) is 2.55. The van der Waals surface area contributed by atoms with Gasteiger partial charge < -0.3 is 10.2 Å². The Balaban J connectivity index is 1.72. The van der Waals surface area contributed by atoms with Crippen molar-refractivity contribution in [3.63, 3.8) is 0 Å². The van der Waals surface area contributed by atoms with Gasteiger partial charge in [-0.1, -0.05) is 18.2 Å². The smallest absolute Gasteiger partial charge is 0.226 e. The lowest BCUT2D eigenvalue weighted by Gasteiger charge is -2.22. The van der Waals surface area contributed by atoms with Gasteiger partial charge in [-0.05, 0) is 36.4 Å². The first-order valence-corrected chi connectivity index (χ1v) is 8.50. The first kappa shape index (κ1) is 18.1. The lowest BCUT2D eigenvalue weighted by atomic mass is 10.1. The molecule has 0 radical (unpaired) electrons. The van der Waals surface area contributed by atoms with Gasteiger partial charge in [-0.3, -0.25) is 14.6 Å². The van der Waals surface area contributed by atoms with E-state index in [4.69, 9.17) is 5.26 Å². The lowest BCUT2D eigenvalue weighted by Crippen LogP contribution is -2.32. The van der Waals surface area contributed by atoms with Crippen molar-refractivity contribution < 1.29 is 9.59 Å². The molecule has 0 aliphatic heterocycles. The Kier molecular flexibility index (Phi) is 5.43. The Morgan fingerprint density at radius 2 is 1.85 bits per heavy atom. The SMILES string of the molecule is CC(=O)N(CCC(=O)Nc1ccc(C#N)cc1)c1cccc2cccnc12. The van der Waals surface area contributed by atoms with Crippen LogP contribution in [0.15, 0.2) is 60.8 Å². The molecule has 3 rings (SSSR count). The van der Waals surface area contributed by atoms with E-state index in [-0.39, 0.29) is 24.8 Å². The second-order valence-electron chi connectivity index (χ2n) is 6.01. The second-order valence-corrected chi connectivity index (χ2v) is 6.01. The van der Waals surface area contributed by atoms with Crippen LogP contribution in [0.3, 0.4) is 0 Å². The molecule has 134 valence electrons. The Hall–Kier alpha value is -3.72. The Morgan fingerprint density at radius 3 is 2.56 bits per heavy atom. The summed E-state index contributed by atoms with van der Waals surface area (Å²) >= 11 is 0. The molecule has 0 spiro atoms. The summed E-state index contributed by atoms with van der Waals surface area (Å²) in [6.07, 6.45) is 1.82. The number of nitrogens with zero attached hydrogens (tertiary/aromatic N) is 3. The maximum atomic E-state index is 12.3. The highest BCUT2D eigenvalue weighted by Gasteiger charge is 2.16. The van der Waals surface area contributed by atoms with Gasteiger partial charge in [0.15, 0.2) is 0 Å². The molecule has 0 aliphatic carbocycles. The van der Waals surface area contributed by atoms with Crippen LogP contribution in [0, 0.1) is 11.3 Å². The number of carbonyl (C=O) groups excluding carboxylic acids is 2. The fourth-order valence-corrected chi connectivity index (χ4v) is 2.82. The highest BCUT2D eigenvalue weighted by molar-refractivity contribution is 6.01. The van der Waals surface area contributed by atoms with Gasteiger partial charge in [0.05, 0.1) is 22.8 Å². The van der Waals surface area contributed by atoms with Crippen molar-refractivity contribution in [2.45, 2.75) is 13.3 Å². The number of nitrogens with one attached hydrogen (secondary N) is 1. The van der Waals surface area contributed by atoms with Crippen LogP contribution >= 0.6 is 0 Å². The molecule has 6 heteroatoms. The van der Waals surface area contributed by atoms with Gasteiger partial charge in [-0.25, -0.2) is 0 Å². The van der Waals surface area contributed by atoms with Gasteiger partial charge >= 0.3 is 0 Å².